The Bertz CT molecular complexity index is 354. The Labute approximate surface area is 89.1 Å². The summed E-state index contributed by atoms with van der Waals surface area (Å²) in [7, 11) is 1.65. The first-order chi connectivity index (χ1) is 7.35. The van der Waals surface area contributed by atoms with Crippen LogP contribution in [0.15, 0.2) is 0 Å². The number of anilines is 1. The normalized spacial score (nSPS) is 13.7. The van der Waals surface area contributed by atoms with Gasteiger partial charge in [-0.15, -0.1) is 0 Å². The maximum Gasteiger partial charge on any atom is 0.226 e. The average molecular weight is 208 g/mol. The second-order valence-corrected chi connectivity index (χ2v) is 3.55. The quantitative estimate of drug-likeness (QED) is 0.746. The van der Waals surface area contributed by atoms with Crippen LogP contribution in [-0.4, -0.2) is 30.2 Å². The predicted molar refractivity (Wildman–Crippen MR) is 58.2 cm³/mol. The number of rotatable bonds is 4. The maximum atomic E-state index is 5.41. The summed E-state index contributed by atoms with van der Waals surface area (Å²) in [5.74, 6) is 1.33. The monoisotopic (exact) mass is 208 g/mol. The lowest BCUT2D eigenvalue weighted by Gasteiger charge is -2.09. The molecule has 1 heterocycles. The first-order valence-corrected chi connectivity index (χ1v) is 5.23. The lowest BCUT2D eigenvalue weighted by Crippen LogP contribution is -2.15. The molecule has 1 aliphatic carbocycles. The van der Waals surface area contributed by atoms with Gasteiger partial charge in [-0.25, -0.2) is 4.98 Å². The van der Waals surface area contributed by atoms with E-state index in [2.05, 4.69) is 15.3 Å². The highest BCUT2D eigenvalue weighted by molar-refractivity contribution is 5.40. The smallest absolute Gasteiger partial charge is 0.226 e. The summed E-state index contributed by atoms with van der Waals surface area (Å²) in [6.07, 6.45) is 3.18. The van der Waals surface area contributed by atoms with Crippen molar-refractivity contribution in [2.45, 2.75) is 19.3 Å². The zero-order valence-electron chi connectivity index (χ0n) is 8.92. The van der Waals surface area contributed by atoms with Gasteiger partial charge in [-0.3, -0.25) is 0 Å². The summed E-state index contributed by atoms with van der Waals surface area (Å²) in [4.78, 5) is 8.74. The van der Waals surface area contributed by atoms with Crippen molar-refractivity contribution < 1.29 is 4.74 Å². The number of hydrogen-bond donors (Lipinski definition) is 2. The lowest BCUT2D eigenvalue weighted by molar-refractivity contribution is 0.392. The van der Waals surface area contributed by atoms with E-state index in [1.807, 2.05) is 0 Å². The molecule has 15 heavy (non-hydrogen) atoms. The minimum absolute atomic E-state index is 0.572. The molecule has 0 radical (unpaired) electrons. The molecule has 1 aliphatic rings. The van der Waals surface area contributed by atoms with Gasteiger partial charge in [0.1, 0.15) is 0 Å². The fourth-order valence-electron chi connectivity index (χ4n) is 1.83. The van der Waals surface area contributed by atoms with Gasteiger partial charge in [-0.2, -0.15) is 4.98 Å². The van der Waals surface area contributed by atoms with Gasteiger partial charge in [0, 0.05) is 18.7 Å². The molecular weight excluding hydrogens is 192 g/mol. The van der Waals surface area contributed by atoms with Gasteiger partial charge >= 0.3 is 0 Å². The van der Waals surface area contributed by atoms with Crippen LogP contribution in [0.2, 0.25) is 0 Å². The van der Waals surface area contributed by atoms with E-state index < -0.39 is 0 Å². The van der Waals surface area contributed by atoms with Crippen LogP contribution < -0.4 is 15.8 Å². The van der Waals surface area contributed by atoms with Crippen molar-refractivity contribution in [1.82, 2.24) is 9.97 Å². The number of aryl methyl sites for hydroxylation is 1. The standard InChI is InChI=1S/C10H16N4O/c1-15-9-7-3-2-4-8(7)13-10(14-9)12-6-5-11/h2-6,11H2,1H3,(H,12,13,14). The third-order valence-electron chi connectivity index (χ3n) is 2.52. The minimum Gasteiger partial charge on any atom is -0.481 e. The molecule has 0 spiro atoms. The summed E-state index contributed by atoms with van der Waals surface area (Å²) in [6.45, 7) is 1.25. The highest BCUT2D eigenvalue weighted by atomic mass is 16.5. The number of ether oxygens (including phenoxy) is 1. The molecule has 1 aromatic rings. The summed E-state index contributed by atoms with van der Waals surface area (Å²) < 4.78 is 5.26. The molecule has 5 heteroatoms. The number of nitrogens with zero attached hydrogens (tertiary/aromatic N) is 2. The van der Waals surface area contributed by atoms with Gasteiger partial charge in [0.05, 0.1) is 12.8 Å². The van der Waals surface area contributed by atoms with Crippen LogP contribution in [0.5, 0.6) is 5.88 Å². The van der Waals surface area contributed by atoms with Crippen LogP contribution >= 0.6 is 0 Å². The molecule has 0 aliphatic heterocycles. The van der Waals surface area contributed by atoms with Crippen molar-refractivity contribution in [1.29, 1.82) is 0 Å². The van der Waals surface area contributed by atoms with Gasteiger partial charge in [0.15, 0.2) is 0 Å². The second kappa shape index (κ2) is 4.44. The number of hydrogen-bond acceptors (Lipinski definition) is 5. The molecule has 0 unspecified atom stereocenters. The van der Waals surface area contributed by atoms with E-state index in [-0.39, 0.29) is 0 Å². The molecule has 1 aromatic heterocycles. The van der Waals surface area contributed by atoms with E-state index in [0.717, 1.165) is 30.5 Å². The number of methoxy groups -OCH3 is 1. The molecule has 0 saturated heterocycles. The topological polar surface area (TPSA) is 73.1 Å². The Balaban J connectivity index is 2.26. The molecule has 2 rings (SSSR count). The highest BCUT2D eigenvalue weighted by Crippen LogP contribution is 2.28. The predicted octanol–water partition coefficient (Wildman–Crippen LogP) is 0.344. The van der Waals surface area contributed by atoms with E-state index in [1.54, 1.807) is 7.11 Å². The van der Waals surface area contributed by atoms with Gasteiger partial charge in [0.2, 0.25) is 11.8 Å². The molecule has 0 saturated carbocycles. The van der Waals surface area contributed by atoms with Crippen molar-refractivity contribution in [3.05, 3.63) is 11.3 Å². The maximum absolute atomic E-state index is 5.41. The third kappa shape index (κ3) is 2.02. The van der Waals surface area contributed by atoms with Crippen LogP contribution in [0.1, 0.15) is 17.7 Å². The fraction of sp³-hybridized carbons (Fsp3) is 0.600. The Kier molecular flexibility index (Phi) is 3.01. The van der Waals surface area contributed by atoms with Crippen molar-refractivity contribution >= 4 is 5.95 Å². The van der Waals surface area contributed by atoms with Crippen LogP contribution in [-0.2, 0) is 12.8 Å². The minimum atomic E-state index is 0.572. The van der Waals surface area contributed by atoms with E-state index in [9.17, 15) is 0 Å². The van der Waals surface area contributed by atoms with Crippen molar-refractivity contribution in [3.8, 4) is 5.88 Å². The fourth-order valence-corrected chi connectivity index (χ4v) is 1.83. The Morgan fingerprint density at radius 1 is 1.40 bits per heavy atom. The van der Waals surface area contributed by atoms with Gasteiger partial charge in [0.25, 0.3) is 0 Å². The van der Waals surface area contributed by atoms with Gasteiger partial charge in [-0.05, 0) is 19.3 Å². The number of nitrogens with two attached hydrogens (primary N) is 1. The summed E-state index contributed by atoms with van der Waals surface area (Å²) in [6, 6.07) is 0. The molecular formula is C10H16N4O. The molecule has 0 atom stereocenters. The Hall–Kier alpha value is -1.36. The first kappa shape index (κ1) is 10.2. The third-order valence-corrected chi connectivity index (χ3v) is 2.52. The van der Waals surface area contributed by atoms with Crippen molar-refractivity contribution in [3.63, 3.8) is 0 Å². The van der Waals surface area contributed by atoms with Crippen LogP contribution in [0.4, 0.5) is 5.95 Å². The number of nitrogens with one attached hydrogen (secondary N) is 1. The SMILES string of the molecule is COc1nc(NCCN)nc2c1CCC2. The number of aromatic nitrogens is 2. The van der Waals surface area contributed by atoms with E-state index in [4.69, 9.17) is 10.5 Å². The first-order valence-electron chi connectivity index (χ1n) is 5.23. The summed E-state index contributed by atoms with van der Waals surface area (Å²) in [5, 5.41) is 3.07. The van der Waals surface area contributed by atoms with Crippen LogP contribution in [0.3, 0.4) is 0 Å². The molecule has 0 bridgehead atoms. The molecule has 3 N–H and O–H groups in total. The van der Waals surface area contributed by atoms with Crippen molar-refractivity contribution in [2.75, 3.05) is 25.5 Å². The van der Waals surface area contributed by atoms with Gasteiger partial charge in [-0.1, -0.05) is 0 Å². The van der Waals surface area contributed by atoms with E-state index in [0.29, 0.717) is 24.9 Å². The lowest BCUT2D eigenvalue weighted by atomic mass is 10.2. The molecule has 5 nitrogen and oxygen atoms in total. The largest absolute Gasteiger partial charge is 0.481 e. The zero-order valence-corrected chi connectivity index (χ0v) is 8.92. The Morgan fingerprint density at radius 3 is 3.00 bits per heavy atom. The molecule has 0 amide bonds. The summed E-state index contributed by atoms with van der Waals surface area (Å²) in [5.41, 5.74) is 7.69. The zero-order chi connectivity index (χ0) is 10.7. The second-order valence-electron chi connectivity index (χ2n) is 3.55. The average Bonchev–Trinajstić information content (AvgIpc) is 2.73. The van der Waals surface area contributed by atoms with Crippen LogP contribution in [0.25, 0.3) is 0 Å². The summed E-state index contributed by atoms with van der Waals surface area (Å²) >= 11 is 0. The van der Waals surface area contributed by atoms with Crippen molar-refractivity contribution in [2.24, 2.45) is 5.73 Å². The van der Waals surface area contributed by atoms with E-state index in [1.165, 1.54) is 0 Å². The Morgan fingerprint density at radius 2 is 2.27 bits per heavy atom. The highest BCUT2D eigenvalue weighted by Gasteiger charge is 2.19. The molecule has 0 fully saturated rings. The van der Waals surface area contributed by atoms with Gasteiger partial charge < -0.3 is 15.8 Å². The number of fused-ring (bicyclic) bond motifs is 1. The molecule has 82 valence electrons. The van der Waals surface area contributed by atoms with Crippen LogP contribution in [0, 0.1) is 0 Å². The molecule has 0 aromatic carbocycles. The van der Waals surface area contributed by atoms with E-state index >= 15 is 0 Å².